The summed E-state index contributed by atoms with van der Waals surface area (Å²) in [7, 11) is 0. The Labute approximate surface area is 84.1 Å². The molecule has 0 saturated heterocycles. The van der Waals surface area contributed by atoms with Gasteiger partial charge >= 0.3 is 0 Å². The predicted molar refractivity (Wildman–Crippen MR) is 55.5 cm³/mol. The van der Waals surface area contributed by atoms with E-state index in [4.69, 9.17) is 10.5 Å². The molecule has 1 heterocycles. The van der Waals surface area contributed by atoms with E-state index in [0.717, 1.165) is 31.6 Å². The number of benzene rings is 1. The Morgan fingerprint density at radius 3 is 2.86 bits per heavy atom. The second-order valence-corrected chi connectivity index (χ2v) is 4.49. The first-order valence-electron chi connectivity index (χ1n) is 5.25. The van der Waals surface area contributed by atoms with Crippen molar-refractivity contribution in [3.8, 4) is 5.75 Å². The van der Waals surface area contributed by atoms with E-state index in [2.05, 4.69) is 19.1 Å². The van der Waals surface area contributed by atoms with Gasteiger partial charge in [-0.1, -0.05) is 6.07 Å². The molecule has 2 aliphatic rings. The standard InChI is InChI=1S/C12H15NO/c1-8-2-3-10-9(4-7-14-10)11(8)12(13)5-6-12/h2-3H,4-7,13H2,1H3. The molecule has 14 heavy (non-hydrogen) atoms. The van der Waals surface area contributed by atoms with E-state index in [1.807, 2.05) is 0 Å². The van der Waals surface area contributed by atoms with Crippen LogP contribution in [0.1, 0.15) is 29.5 Å². The molecule has 1 aromatic rings. The van der Waals surface area contributed by atoms with Gasteiger partial charge in [-0.2, -0.15) is 0 Å². The molecule has 1 fully saturated rings. The molecule has 1 aromatic carbocycles. The molecular formula is C12H15NO. The summed E-state index contributed by atoms with van der Waals surface area (Å²) >= 11 is 0. The van der Waals surface area contributed by atoms with Gasteiger partial charge in [-0.3, -0.25) is 0 Å². The van der Waals surface area contributed by atoms with E-state index >= 15 is 0 Å². The third-order valence-electron chi connectivity index (χ3n) is 3.37. The van der Waals surface area contributed by atoms with Gasteiger partial charge in [-0.25, -0.2) is 0 Å². The average molecular weight is 189 g/mol. The number of aryl methyl sites for hydroxylation is 1. The minimum atomic E-state index is -0.0247. The van der Waals surface area contributed by atoms with Crippen molar-refractivity contribution in [2.75, 3.05) is 6.61 Å². The van der Waals surface area contributed by atoms with Gasteiger partial charge in [0.2, 0.25) is 0 Å². The second-order valence-electron chi connectivity index (χ2n) is 4.49. The number of hydrogen-bond donors (Lipinski definition) is 1. The topological polar surface area (TPSA) is 35.2 Å². The maximum absolute atomic E-state index is 6.29. The molecule has 2 nitrogen and oxygen atoms in total. The Hall–Kier alpha value is -1.02. The Balaban J connectivity index is 2.21. The van der Waals surface area contributed by atoms with Crippen LogP contribution < -0.4 is 10.5 Å². The first-order valence-corrected chi connectivity index (χ1v) is 5.25. The summed E-state index contributed by atoms with van der Waals surface area (Å²) in [6, 6.07) is 4.21. The molecule has 74 valence electrons. The smallest absolute Gasteiger partial charge is 0.122 e. The Kier molecular flexibility index (Phi) is 1.49. The molecule has 0 aromatic heterocycles. The Morgan fingerprint density at radius 2 is 2.14 bits per heavy atom. The zero-order valence-corrected chi connectivity index (χ0v) is 8.47. The van der Waals surface area contributed by atoms with Crippen molar-refractivity contribution in [2.24, 2.45) is 5.73 Å². The van der Waals surface area contributed by atoms with Crippen LogP contribution in [0, 0.1) is 6.92 Å². The van der Waals surface area contributed by atoms with Crippen molar-refractivity contribution in [3.63, 3.8) is 0 Å². The fourth-order valence-corrected chi connectivity index (χ4v) is 2.47. The van der Waals surface area contributed by atoms with Crippen LogP contribution in [0.4, 0.5) is 0 Å². The van der Waals surface area contributed by atoms with Gasteiger partial charge < -0.3 is 10.5 Å². The number of nitrogens with two attached hydrogens (primary N) is 1. The third kappa shape index (κ3) is 1.01. The first-order chi connectivity index (χ1) is 6.71. The highest BCUT2D eigenvalue weighted by Gasteiger charge is 2.43. The summed E-state index contributed by atoms with van der Waals surface area (Å²) in [5, 5.41) is 0. The van der Waals surface area contributed by atoms with E-state index in [9.17, 15) is 0 Å². The minimum Gasteiger partial charge on any atom is -0.493 e. The van der Waals surface area contributed by atoms with Crippen LogP contribution in [0.25, 0.3) is 0 Å². The largest absolute Gasteiger partial charge is 0.493 e. The molecule has 0 atom stereocenters. The van der Waals surface area contributed by atoms with E-state index < -0.39 is 0 Å². The van der Waals surface area contributed by atoms with Crippen LogP contribution in [-0.2, 0) is 12.0 Å². The van der Waals surface area contributed by atoms with Gasteiger partial charge in [0.25, 0.3) is 0 Å². The van der Waals surface area contributed by atoms with Gasteiger partial charge in [-0.15, -0.1) is 0 Å². The lowest BCUT2D eigenvalue weighted by atomic mass is 9.92. The number of hydrogen-bond acceptors (Lipinski definition) is 2. The molecule has 0 amide bonds. The first kappa shape index (κ1) is 8.30. The van der Waals surface area contributed by atoms with E-state index in [0.29, 0.717) is 0 Å². The van der Waals surface area contributed by atoms with E-state index in [1.54, 1.807) is 0 Å². The number of rotatable bonds is 1. The van der Waals surface area contributed by atoms with E-state index in [-0.39, 0.29) is 5.54 Å². The van der Waals surface area contributed by atoms with Crippen molar-refractivity contribution in [2.45, 2.75) is 31.7 Å². The molecule has 0 unspecified atom stereocenters. The molecule has 0 spiro atoms. The molecule has 2 N–H and O–H groups in total. The van der Waals surface area contributed by atoms with Crippen molar-refractivity contribution < 1.29 is 4.74 Å². The predicted octanol–water partition coefficient (Wildman–Crippen LogP) is 1.88. The number of fused-ring (bicyclic) bond motifs is 1. The number of ether oxygens (including phenoxy) is 1. The SMILES string of the molecule is Cc1ccc2c(c1C1(N)CC1)CCO2. The third-order valence-corrected chi connectivity index (χ3v) is 3.37. The van der Waals surface area contributed by atoms with Crippen molar-refractivity contribution in [1.82, 2.24) is 0 Å². The summed E-state index contributed by atoms with van der Waals surface area (Å²) in [5.41, 5.74) is 10.3. The highest BCUT2D eigenvalue weighted by atomic mass is 16.5. The van der Waals surface area contributed by atoms with Gasteiger partial charge in [-0.05, 0) is 37.0 Å². The molecule has 0 radical (unpaired) electrons. The van der Waals surface area contributed by atoms with Crippen molar-refractivity contribution in [1.29, 1.82) is 0 Å². The summed E-state index contributed by atoms with van der Waals surface area (Å²) in [6.45, 7) is 2.97. The summed E-state index contributed by atoms with van der Waals surface area (Å²) in [5.74, 6) is 1.06. The highest BCUT2D eigenvalue weighted by molar-refractivity contribution is 5.51. The quantitative estimate of drug-likeness (QED) is 0.732. The average Bonchev–Trinajstić information content (AvgIpc) is 2.74. The van der Waals surface area contributed by atoms with Crippen LogP contribution in [0.2, 0.25) is 0 Å². The van der Waals surface area contributed by atoms with Gasteiger partial charge in [0.15, 0.2) is 0 Å². The lowest BCUT2D eigenvalue weighted by molar-refractivity contribution is 0.357. The van der Waals surface area contributed by atoms with Crippen LogP contribution in [-0.4, -0.2) is 6.61 Å². The van der Waals surface area contributed by atoms with Gasteiger partial charge in [0.05, 0.1) is 6.61 Å². The fourth-order valence-electron chi connectivity index (χ4n) is 2.47. The zero-order valence-electron chi connectivity index (χ0n) is 8.47. The maximum Gasteiger partial charge on any atom is 0.122 e. The molecule has 3 rings (SSSR count). The molecule has 2 heteroatoms. The van der Waals surface area contributed by atoms with Crippen LogP contribution >= 0.6 is 0 Å². The van der Waals surface area contributed by atoms with Gasteiger partial charge in [0, 0.05) is 17.5 Å². The zero-order chi connectivity index (χ0) is 9.76. The minimum absolute atomic E-state index is 0.0247. The summed E-state index contributed by atoms with van der Waals surface area (Å²) in [6.07, 6.45) is 3.29. The lowest BCUT2D eigenvalue weighted by Crippen LogP contribution is -2.21. The summed E-state index contributed by atoms with van der Waals surface area (Å²) < 4.78 is 5.56. The second kappa shape index (κ2) is 2.51. The molecule has 1 aliphatic carbocycles. The Bertz CT molecular complexity index is 394. The van der Waals surface area contributed by atoms with Crippen LogP contribution in [0.3, 0.4) is 0 Å². The fraction of sp³-hybridized carbons (Fsp3) is 0.500. The summed E-state index contributed by atoms with van der Waals surface area (Å²) in [4.78, 5) is 0. The van der Waals surface area contributed by atoms with Crippen LogP contribution in [0.5, 0.6) is 5.75 Å². The lowest BCUT2D eigenvalue weighted by Gasteiger charge is -2.16. The van der Waals surface area contributed by atoms with Crippen molar-refractivity contribution in [3.05, 3.63) is 28.8 Å². The normalized spacial score (nSPS) is 21.6. The molecule has 1 aliphatic heterocycles. The van der Waals surface area contributed by atoms with Gasteiger partial charge in [0.1, 0.15) is 5.75 Å². The maximum atomic E-state index is 6.29. The van der Waals surface area contributed by atoms with Crippen LogP contribution in [0.15, 0.2) is 12.1 Å². The highest BCUT2D eigenvalue weighted by Crippen LogP contribution is 2.48. The van der Waals surface area contributed by atoms with Crippen molar-refractivity contribution >= 4 is 0 Å². The van der Waals surface area contributed by atoms with E-state index in [1.165, 1.54) is 16.7 Å². The molecular weight excluding hydrogens is 174 g/mol. The molecule has 0 bridgehead atoms. The Morgan fingerprint density at radius 1 is 1.36 bits per heavy atom. The molecule has 1 saturated carbocycles. The monoisotopic (exact) mass is 189 g/mol.